The molecule has 2 rings (SSSR count). The van der Waals surface area contributed by atoms with Crippen molar-refractivity contribution in [3.63, 3.8) is 0 Å². The molecule has 1 aromatic heterocycles. The molecule has 1 atom stereocenters. The highest BCUT2D eigenvalue weighted by atomic mass is 32.2. The van der Waals surface area contributed by atoms with Crippen LogP contribution in [0.2, 0.25) is 0 Å². The first kappa shape index (κ1) is 15.8. The first-order valence-electron chi connectivity index (χ1n) is 7.64. The molecule has 1 aliphatic heterocycles. The Balaban J connectivity index is 1.74. The monoisotopic (exact) mass is 293 g/mol. The molecule has 112 valence electrons. The van der Waals surface area contributed by atoms with E-state index in [1.165, 1.54) is 51.1 Å². The van der Waals surface area contributed by atoms with Gasteiger partial charge in [0.05, 0.1) is 0 Å². The standard InChI is InChI=1S/C16H27N3S/c1-15(20-2)6-10-18-8-4-9-19(12-11-18)14-16-5-3-7-17-13-16/h3,5,7,13,15H,4,6,8-12,14H2,1-2H3/t15-/m1/s1. The van der Waals surface area contributed by atoms with Crippen molar-refractivity contribution in [1.29, 1.82) is 0 Å². The summed E-state index contributed by atoms with van der Waals surface area (Å²) in [7, 11) is 0. The minimum atomic E-state index is 0.782. The van der Waals surface area contributed by atoms with E-state index >= 15 is 0 Å². The first-order chi connectivity index (χ1) is 9.78. The van der Waals surface area contributed by atoms with Crippen molar-refractivity contribution in [3.8, 4) is 0 Å². The van der Waals surface area contributed by atoms with E-state index < -0.39 is 0 Å². The van der Waals surface area contributed by atoms with Gasteiger partial charge in [-0.15, -0.1) is 0 Å². The zero-order chi connectivity index (χ0) is 14.2. The number of hydrogen-bond acceptors (Lipinski definition) is 4. The Labute approximate surface area is 127 Å². The summed E-state index contributed by atoms with van der Waals surface area (Å²) in [6.45, 7) is 9.49. The van der Waals surface area contributed by atoms with E-state index in [4.69, 9.17) is 0 Å². The first-order valence-corrected chi connectivity index (χ1v) is 8.93. The number of aromatic nitrogens is 1. The molecule has 4 heteroatoms. The van der Waals surface area contributed by atoms with Crippen molar-refractivity contribution in [2.24, 2.45) is 0 Å². The van der Waals surface area contributed by atoms with E-state index in [1.54, 1.807) is 0 Å². The van der Waals surface area contributed by atoms with Crippen LogP contribution in [0.3, 0.4) is 0 Å². The predicted molar refractivity (Wildman–Crippen MR) is 88.2 cm³/mol. The van der Waals surface area contributed by atoms with E-state index in [1.807, 2.05) is 30.2 Å². The maximum absolute atomic E-state index is 4.21. The molecule has 0 amide bonds. The molecule has 0 bridgehead atoms. The molecular formula is C16H27N3S. The van der Waals surface area contributed by atoms with E-state index in [-0.39, 0.29) is 0 Å². The number of rotatable bonds is 6. The molecule has 1 fully saturated rings. The van der Waals surface area contributed by atoms with Crippen LogP contribution in [0.5, 0.6) is 0 Å². The van der Waals surface area contributed by atoms with Gasteiger partial charge in [-0.25, -0.2) is 0 Å². The molecule has 0 unspecified atom stereocenters. The molecule has 0 radical (unpaired) electrons. The fourth-order valence-corrected chi connectivity index (χ4v) is 2.98. The Kier molecular flexibility index (Phi) is 6.83. The molecule has 1 aromatic rings. The van der Waals surface area contributed by atoms with Crippen LogP contribution in [0, 0.1) is 0 Å². The summed E-state index contributed by atoms with van der Waals surface area (Å²) < 4.78 is 0. The second-order valence-electron chi connectivity index (χ2n) is 5.67. The van der Waals surface area contributed by atoms with E-state index in [9.17, 15) is 0 Å². The van der Waals surface area contributed by atoms with Crippen molar-refractivity contribution in [3.05, 3.63) is 30.1 Å². The van der Waals surface area contributed by atoms with Crippen LogP contribution < -0.4 is 0 Å². The third-order valence-electron chi connectivity index (χ3n) is 4.06. The number of hydrogen-bond donors (Lipinski definition) is 0. The van der Waals surface area contributed by atoms with Gasteiger partial charge in [0.1, 0.15) is 0 Å². The topological polar surface area (TPSA) is 19.4 Å². The fourth-order valence-electron chi connectivity index (χ4n) is 2.64. The van der Waals surface area contributed by atoms with Gasteiger partial charge in [0.15, 0.2) is 0 Å². The molecule has 0 aliphatic carbocycles. The summed E-state index contributed by atoms with van der Waals surface area (Å²) in [5, 5.41) is 0.782. The largest absolute Gasteiger partial charge is 0.302 e. The van der Waals surface area contributed by atoms with Crippen molar-refractivity contribution >= 4 is 11.8 Å². The summed E-state index contributed by atoms with van der Waals surface area (Å²) in [6.07, 6.45) is 8.64. The summed E-state index contributed by atoms with van der Waals surface area (Å²) >= 11 is 1.98. The normalized spacial score (nSPS) is 19.7. The number of nitrogens with zero attached hydrogens (tertiary/aromatic N) is 3. The second kappa shape index (κ2) is 8.65. The van der Waals surface area contributed by atoms with Crippen molar-refractivity contribution in [2.45, 2.75) is 31.6 Å². The number of thioether (sulfide) groups is 1. The van der Waals surface area contributed by atoms with Crippen LogP contribution in [0.25, 0.3) is 0 Å². The molecule has 0 saturated carbocycles. The Morgan fingerprint density at radius 1 is 1.25 bits per heavy atom. The van der Waals surface area contributed by atoms with Crippen LogP contribution >= 0.6 is 11.8 Å². The molecule has 1 aliphatic rings. The molecule has 2 heterocycles. The van der Waals surface area contributed by atoms with Gasteiger partial charge in [-0.05, 0) is 50.4 Å². The lowest BCUT2D eigenvalue weighted by molar-refractivity contribution is 0.250. The molecule has 20 heavy (non-hydrogen) atoms. The predicted octanol–water partition coefficient (Wildman–Crippen LogP) is 2.73. The second-order valence-corrected chi connectivity index (χ2v) is 6.94. The van der Waals surface area contributed by atoms with E-state index in [0.717, 1.165) is 11.8 Å². The van der Waals surface area contributed by atoms with Gasteiger partial charge in [0.25, 0.3) is 0 Å². The highest BCUT2D eigenvalue weighted by Crippen LogP contribution is 2.12. The van der Waals surface area contributed by atoms with Gasteiger partial charge in [0, 0.05) is 37.3 Å². The van der Waals surface area contributed by atoms with Gasteiger partial charge >= 0.3 is 0 Å². The molecule has 0 aromatic carbocycles. The average molecular weight is 293 g/mol. The Bertz CT molecular complexity index is 371. The van der Waals surface area contributed by atoms with Crippen LogP contribution in [-0.4, -0.2) is 59.0 Å². The van der Waals surface area contributed by atoms with E-state index in [0.29, 0.717) is 0 Å². The lowest BCUT2D eigenvalue weighted by Gasteiger charge is -2.22. The van der Waals surface area contributed by atoms with Crippen molar-refractivity contribution in [1.82, 2.24) is 14.8 Å². The zero-order valence-electron chi connectivity index (χ0n) is 12.8. The lowest BCUT2D eigenvalue weighted by atomic mass is 10.2. The van der Waals surface area contributed by atoms with Crippen LogP contribution in [-0.2, 0) is 6.54 Å². The van der Waals surface area contributed by atoms with Gasteiger partial charge < -0.3 is 4.90 Å². The Morgan fingerprint density at radius 2 is 2.05 bits per heavy atom. The molecular weight excluding hydrogens is 266 g/mol. The molecule has 1 saturated heterocycles. The minimum absolute atomic E-state index is 0.782. The SMILES string of the molecule is CS[C@H](C)CCN1CCCN(Cc2cccnc2)CC1. The zero-order valence-corrected chi connectivity index (χ0v) is 13.6. The quantitative estimate of drug-likeness (QED) is 0.803. The maximum Gasteiger partial charge on any atom is 0.0312 e. The Morgan fingerprint density at radius 3 is 2.80 bits per heavy atom. The lowest BCUT2D eigenvalue weighted by Crippen LogP contribution is -2.32. The van der Waals surface area contributed by atoms with Crippen molar-refractivity contribution in [2.75, 3.05) is 39.0 Å². The Hall–Kier alpha value is -0.580. The molecule has 0 N–H and O–H groups in total. The van der Waals surface area contributed by atoms with Gasteiger partial charge in [-0.2, -0.15) is 11.8 Å². The van der Waals surface area contributed by atoms with Crippen LogP contribution in [0.4, 0.5) is 0 Å². The number of pyridine rings is 1. The van der Waals surface area contributed by atoms with Gasteiger partial charge in [-0.1, -0.05) is 13.0 Å². The third kappa shape index (κ3) is 5.43. The van der Waals surface area contributed by atoms with Crippen LogP contribution in [0.1, 0.15) is 25.3 Å². The van der Waals surface area contributed by atoms with Crippen molar-refractivity contribution < 1.29 is 0 Å². The highest BCUT2D eigenvalue weighted by molar-refractivity contribution is 7.99. The van der Waals surface area contributed by atoms with Crippen LogP contribution in [0.15, 0.2) is 24.5 Å². The third-order valence-corrected chi connectivity index (χ3v) is 5.10. The summed E-state index contributed by atoms with van der Waals surface area (Å²) in [4.78, 5) is 9.41. The molecule has 3 nitrogen and oxygen atoms in total. The maximum atomic E-state index is 4.21. The fraction of sp³-hybridized carbons (Fsp3) is 0.688. The smallest absolute Gasteiger partial charge is 0.0312 e. The summed E-state index contributed by atoms with van der Waals surface area (Å²) in [6, 6.07) is 4.21. The van der Waals surface area contributed by atoms with Gasteiger partial charge in [0.2, 0.25) is 0 Å². The summed E-state index contributed by atoms with van der Waals surface area (Å²) in [5.74, 6) is 0. The van der Waals surface area contributed by atoms with Gasteiger partial charge in [-0.3, -0.25) is 9.88 Å². The molecule has 0 spiro atoms. The summed E-state index contributed by atoms with van der Waals surface area (Å²) in [5.41, 5.74) is 1.33. The highest BCUT2D eigenvalue weighted by Gasteiger charge is 2.15. The average Bonchev–Trinajstić information content (AvgIpc) is 2.71. The minimum Gasteiger partial charge on any atom is -0.302 e. The van der Waals surface area contributed by atoms with E-state index in [2.05, 4.69) is 34.0 Å².